The zero-order chi connectivity index (χ0) is 30.9. The minimum absolute atomic E-state index is 0.0187. The van der Waals surface area contributed by atoms with E-state index in [-0.39, 0.29) is 35.7 Å². The first-order valence-electron chi connectivity index (χ1n) is 13.8. The second kappa shape index (κ2) is 12.1. The molecule has 2 atom stereocenters. The standard InChI is InChI=1S/C29H32F2N5O6P/c1-5-35(26(37)19-8-7-9-21(14-19)41-28(30)31)23-12-13-36-24-15-18(10-11-22(24)34-25(23)36)20-16-32-27(33-17-20)29(3,4)42-43(38,39)40-6-2/h7-11,14-17,23,28H,5-6,12-13H2,1-4H3,(H,38,39)/t23-/m1/s1. The Kier molecular flexibility index (Phi) is 8.62. The highest BCUT2D eigenvalue weighted by Crippen LogP contribution is 2.49. The SMILES string of the molecule is CCOP(=O)(O)OC(C)(C)c1ncc(-c2ccc3nc4n(c3c2)CC[C@H]4N(CC)C(=O)c2cccc(OC(F)F)c2)cn1. The molecule has 2 aromatic carbocycles. The van der Waals surface area contributed by atoms with Crippen LogP contribution in [-0.4, -0.2) is 55.0 Å². The van der Waals surface area contributed by atoms with Gasteiger partial charge in [0.15, 0.2) is 5.82 Å². The topological polar surface area (TPSA) is 129 Å². The number of carbonyl (C=O) groups is 1. The van der Waals surface area contributed by atoms with E-state index in [1.807, 2.05) is 25.1 Å². The van der Waals surface area contributed by atoms with E-state index in [1.165, 1.54) is 18.2 Å². The van der Waals surface area contributed by atoms with Crippen LogP contribution >= 0.6 is 7.82 Å². The summed E-state index contributed by atoms with van der Waals surface area (Å²) in [5.74, 6) is 0.594. The lowest BCUT2D eigenvalue weighted by Crippen LogP contribution is -2.34. The fourth-order valence-electron chi connectivity index (χ4n) is 5.27. The number of rotatable bonds is 11. The second-order valence-corrected chi connectivity index (χ2v) is 11.8. The summed E-state index contributed by atoms with van der Waals surface area (Å²) in [6.45, 7) is 4.70. The van der Waals surface area contributed by atoms with Crippen LogP contribution in [0.2, 0.25) is 0 Å². The number of ether oxygens (including phenoxy) is 1. The van der Waals surface area contributed by atoms with Crippen molar-refractivity contribution in [1.82, 2.24) is 24.4 Å². The average molecular weight is 616 g/mol. The van der Waals surface area contributed by atoms with Crippen LogP contribution in [0.3, 0.4) is 0 Å². The minimum Gasteiger partial charge on any atom is -0.435 e. The summed E-state index contributed by atoms with van der Waals surface area (Å²) in [6, 6.07) is 11.3. The molecule has 1 unspecified atom stereocenters. The maximum atomic E-state index is 13.5. The molecule has 0 aliphatic carbocycles. The Morgan fingerprint density at radius 1 is 1.16 bits per heavy atom. The van der Waals surface area contributed by atoms with Gasteiger partial charge in [-0.1, -0.05) is 12.1 Å². The van der Waals surface area contributed by atoms with Crippen LogP contribution < -0.4 is 4.74 Å². The maximum Gasteiger partial charge on any atom is 0.473 e. The van der Waals surface area contributed by atoms with Gasteiger partial charge in [0.1, 0.15) is 17.2 Å². The molecule has 5 rings (SSSR count). The number of fused-ring (bicyclic) bond motifs is 3. The van der Waals surface area contributed by atoms with Crippen molar-refractivity contribution in [3.63, 3.8) is 0 Å². The van der Waals surface area contributed by atoms with Crippen molar-refractivity contribution < 1.29 is 36.8 Å². The fourth-order valence-corrected chi connectivity index (χ4v) is 6.31. The number of aryl methyl sites for hydroxylation is 1. The highest BCUT2D eigenvalue weighted by Gasteiger charge is 2.36. The van der Waals surface area contributed by atoms with Crippen LogP contribution in [0.4, 0.5) is 8.78 Å². The third kappa shape index (κ3) is 6.45. The number of benzene rings is 2. The van der Waals surface area contributed by atoms with Crippen molar-refractivity contribution in [2.24, 2.45) is 0 Å². The summed E-state index contributed by atoms with van der Waals surface area (Å²) in [6.07, 6.45) is 3.88. The van der Waals surface area contributed by atoms with E-state index in [4.69, 9.17) is 14.0 Å². The number of hydrogen-bond acceptors (Lipinski definition) is 8. The molecule has 14 heteroatoms. The van der Waals surface area contributed by atoms with Gasteiger partial charge in [0.25, 0.3) is 5.91 Å². The molecule has 4 aromatic rings. The third-order valence-corrected chi connectivity index (χ3v) is 8.42. The number of carbonyl (C=O) groups excluding carboxylic acids is 1. The number of aromatic nitrogens is 4. The Bertz CT molecular complexity index is 1680. The normalized spacial score (nSPS) is 16.3. The molecule has 0 saturated carbocycles. The predicted molar refractivity (Wildman–Crippen MR) is 153 cm³/mol. The van der Waals surface area contributed by atoms with Crippen molar-refractivity contribution in [2.75, 3.05) is 13.2 Å². The predicted octanol–water partition coefficient (Wildman–Crippen LogP) is 6.09. The van der Waals surface area contributed by atoms with Crippen LogP contribution in [0.5, 0.6) is 5.75 Å². The van der Waals surface area contributed by atoms with Crippen LogP contribution in [0.25, 0.3) is 22.2 Å². The van der Waals surface area contributed by atoms with E-state index in [2.05, 4.69) is 19.3 Å². The number of imidazole rings is 1. The molecule has 1 amide bonds. The van der Waals surface area contributed by atoms with Gasteiger partial charge in [0, 0.05) is 36.6 Å². The Balaban J connectivity index is 1.39. The fraction of sp³-hybridized carbons (Fsp3) is 0.379. The first-order chi connectivity index (χ1) is 20.4. The first-order valence-corrected chi connectivity index (χ1v) is 15.3. The molecule has 0 fully saturated rings. The number of phosphoric acid groups is 1. The molecule has 228 valence electrons. The largest absolute Gasteiger partial charge is 0.473 e. The van der Waals surface area contributed by atoms with E-state index in [0.717, 1.165) is 28.0 Å². The molecule has 3 heterocycles. The second-order valence-electron chi connectivity index (χ2n) is 10.4. The van der Waals surface area contributed by atoms with Crippen LogP contribution in [0, 0.1) is 0 Å². The monoisotopic (exact) mass is 615 g/mol. The Morgan fingerprint density at radius 2 is 1.91 bits per heavy atom. The highest BCUT2D eigenvalue weighted by molar-refractivity contribution is 7.47. The maximum absolute atomic E-state index is 13.5. The van der Waals surface area contributed by atoms with Crippen LogP contribution in [-0.2, 0) is 25.8 Å². The molecule has 0 spiro atoms. The van der Waals surface area contributed by atoms with Crippen LogP contribution in [0.15, 0.2) is 54.9 Å². The number of phosphoric ester groups is 1. The molecular weight excluding hydrogens is 583 g/mol. The van der Waals surface area contributed by atoms with Gasteiger partial charge in [0.05, 0.1) is 23.7 Å². The zero-order valence-electron chi connectivity index (χ0n) is 24.1. The number of halogens is 2. The first kappa shape index (κ1) is 30.7. The summed E-state index contributed by atoms with van der Waals surface area (Å²) in [7, 11) is -4.27. The Hall–Kier alpha value is -3.77. The van der Waals surface area contributed by atoms with Gasteiger partial charge < -0.3 is 19.1 Å². The smallest absolute Gasteiger partial charge is 0.435 e. The minimum atomic E-state index is -4.27. The molecule has 43 heavy (non-hydrogen) atoms. The van der Waals surface area contributed by atoms with E-state index < -0.39 is 20.0 Å². The van der Waals surface area contributed by atoms with Crippen molar-refractivity contribution in [1.29, 1.82) is 0 Å². The lowest BCUT2D eigenvalue weighted by molar-refractivity contribution is -0.0499. The third-order valence-electron chi connectivity index (χ3n) is 7.15. The number of hydrogen-bond donors (Lipinski definition) is 1. The van der Waals surface area contributed by atoms with Gasteiger partial charge in [-0.15, -0.1) is 0 Å². The van der Waals surface area contributed by atoms with Crippen molar-refractivity contribution in [3.05, 3.63) is 72.1 Å². The summed E-state index contributed by atoms with van der Waals surface area (Å²) in [4.78, 5) is 38.7. The van der Waals surface area contributed by atoms with Gasteiger partial charge in [-0.3, -0.25) is 13.8 Å². The Morgan fingerprint density at radius 3 is 2.58 bits per heavy atom. The molecular formula is C29H32F2N5O6P. The molecule has 1 N–H and O–H groups in total. The van der Waals surface area contributed by atoms with E-state index in [9.17, 15) is 23.0 Å². The highest BCUT2D eigenvalue weighted by atomic mass is 31.2. The van der Waals surface area contributed by atoms with E-state index >= 15 is 0 Å². The van der Waals surface area contributed by atoms with Gasteiger partial charge in [-0.05, 0) is 70.0 Å². The Labute approximate surface area is 247 Å². The number of nitrogens with zero attached hydrogens (tertiary/aromatic N) is 5. The van der Waals surface area contributed by atoms with Gasteiger partial charge in [-0.2, -0.15) is 8.78 Å². The molecule has 0 radical (unpaired) electrons. The quantitative estimate of drug-likeness (QED) is 0.199. The average Bonchev–Trinajstić information content (AvgIpc) is 3.52. The molecule has 1 aliphatic rings. The number of alkyl halides is 2. The summed E-state index contributed by atoms with van der Waals surface area (Å²) >= 11 is 0. The van der Waals surface area contributed by atoms with Gasteiger partial charge in [0.2, 0.25) is 0 Å². The summed E-state index contributed by atoms with van der Waals surface area (Å²) < 4.78 is 54.2. The van der Waals surface area contributed by atoms with Crippen LogP contribution in [0.1, 0.15) is 62.2 Å². The van der Waals surface area contributed by atoms with Crippen molar-refractivity contribution in [3.8, 4) is 16.9 Å². The molecule has 1 aliphatic heterocycles. The van der Waals surface area contributed by atoms with Gasteiger partial charge >= 0.3 is 14.4 Å². The molecule has 0 bridgehead atoms. The lowest BCUT2D eigenvalue weighted by atomic mass is 10.1. The lowest BCUT2D eigenvalue weighted by Gasteiger charge is -2.27. The molecule has 2 aromatic heterocycles. The van der Waals surface area contributed by atoms with Crippen molar-refractivity contribution in [2.45, 2.75) is 58.9 Å². The van der Waals surface area contributed by atoms with E-state index in [1.54, 1.807) is 44.1 Å². The van der Waals surface area contributed by atoms with E-state index in [0.29, 0.717) is 19.5 Å². The zero-order valence-corrected chi connectivity index (χ0v) is 25.0. The van der Waals surface area contributed by atoms with Crippen molar-refractivity contribution >= 4 is 24.8 Å². The molecule has 11 nitrogen and oxygen atoms in total. The summed E-state index contributed by atoms with van der Waals surface area (Å²) in [5, 5.41) is 0. The molecule has 0 saturated heterocycles. The summed E-state index contributed by atoms with van der Waals surface area (Å²) in [5.41, 5.74) is 2.19. The number of amides is 1. The van der Waals surface area contributed by atoms with Gasteiger partial charge in [-0.25, -0.2) is 19.5 Å².